The molecule has 1 aliphatic rings. The molecule has 0 saturated carbocycles. The highest BCUT2D eigenvalue weighted by Gasteiger charge is 2.24. The highest BCUT2D eigenvalue weighted by atomic mass is 16.5. The van der Waals surface area contributed by atoms with Crippen molar-refractivity contribution in [3.8, 4) is 0 Å². The Morgan fingerprint density at radius 2 is 2.27 bits per heavy atom. The Morgan fingerprint density at radius 1 is 1.53 bits per heavy atom. The summed E-state index contributed by atoms with van der Waals surface area (Å²) in [5.74, 6) is 0.0132. The second-order valence-corrected chi connectivity index (χ2v) is 3.93. The summed E-state index contributed by atoms with van der Waals surface area (Å²) in [5, 5.41) is 5.67. The Morgan fingerprint density at radius 3 is 2.87 bits per heavy atom. The minimum absolute atomic E-state index is 0.0537. The molecule has 5 heteroatoms. The first kappa shape index (κ1) is 12.0. The SMILES string of the molecule is COC(=O)CNC(=O)C1CC(C)CCN1. The molecule has 0 bridgehead atoms. The van der Waals surface area contributed by atoms with E-state index in [0.717, 1.165) is 19.4 Å². The van der Waals surface area contributed by atoms with Crippen molar-refractivity contribution >= 4 is 11.9 Å². The van der Waals surface area contributed by atoms with Gasteiger partial charge in [-0.25, -0.2) is 0 Å². The van der Waals surface area contributed by atoms with E-state index in [0.29, 0.717) is 5.92 Å². The highest BCUT2D eigenvalue weighted by molar-refractivity contribution is 5.85. The number of ether oxygens (including phenoxy) is 1. The lowest BCUT2D eigenvalue weighted by Crippen LogP contribution is -2.49. The average Bonchev–Trinajstić information content (AvgIpc) is 2.25. The molecule has 0 aliphatic carbocycles. The second-order valence-electron chi connectivity index (χ2n) is 3.93. The molecule has 1 aliphatic heterocycles. The van der Waals surface area contributed by atoms with E-state index in [-0.39, 0.29) is 18.5 Å². The van der Waals surface area contributed by atoms with Crippen LogP contribution in [0.15, 0.2) is 0 Å². The van der Waals surface area contributed by atoms with Gasteiger partial charge < -0.3 is 15.4 Å². The standard InChI is InChI=1S/C10H18N2O3/c1-7-3-4-11-8(5-7)10(14)12-6-9(13)15-2/h7-8,11H,3-6H2,1-2H3,(H,12,14). The summed E-state index contributed by atoms with van der Waals surface area (Å²) in [6.45, 7) is 2.93. The van der Waals surface area contributed by atoms with E-state index in [4.69, 9.17) is 0 Å². The van der Waals surface area contributed by atoms with Gasteiger partial charge in [0.15, 0.2) is 0 Å². The molecule has 0 aromatic heterocycles. The molecule has 1 rings (SSSR count). The molecule has 1 heterocycles. The smallest absolute Gasteiger partial charge is 0.325 e. The number of piperidine rings is 1. The van der Waals surface area contributed by atoms with Gasteiger partial charge in [0.2, 0.25) is 5.91 Å². The number of hydrogen-bond donors (Lipinski definition) is 2. The summed E-state index contributed by atoms with van der Waals surface area (Å²) in [4.78, 5) is 22.4. The van der Waals surface area contributed by atoms with Gasteiger partial charge in [-0.15, -0.1) is 0 Å². The number of rotatable bonds is 3. The fraction of sp³-hybridized carbons (Fsp3) is 0.800. The summed E-state index contributed by atoms with van der Waals surface area (Å²) >= 11 is 0. The summed E-state index contributed by atoms with van der Waals surface area (Å²) in [6, 6.07) is -0.168. The molecule has 0 aromatic rings. The van der Waals surface area contributed by atoms with Crippen molar-refractivity contribution in [3.05, 3.63) is 0 Å². The zero-order valence-electron chi connectivity index (χ0n) is 9.21. The van der Waals surface area contributed by atoms with Crippen LogP contribution in [0.3, 0.4) is 0 Å². The van der Waals surface area contributed by atoms with Crippen molar-refractivity contribution in [1.82, 2.24) is 10.6 Å². The maximum Gasteiger partial charge on any atom is 0.325 e. The molecule has 15 heavy (non-hydrogen) atoms. The van der Waals surface area contributed by atoms with E-state index in [1.54, 1.807) is 0 Å². The number of methoxy groups -OCH3 is 1. The topological polar surface area (TPSA) is 67.4 Å². The molecule has 0 spiro atoms. The molecule has 2 unspecified atom stereocenters. The maximum absolute atomic E-state index is 11.6. The summed E-state index contributed by atoms with van der Waals surface area (Å²) in [7, 11) is 1.30. The summed E-state index contributed by atoms with van der Waals surface area (Å²) < 4.78 is 4.44. The van der Waals surface area contributed by atoms with E-state index >= 15 is 0 Å². The van der Waals surface area contributed by atoms with Crippen molar-refractivity contribution in [2.45, 2.75) is 25.8 Å². The van der Waals surface area contributed by atoms with Gasteiger partial charge in [0.05, 0.1) is 13.2 Å². The van der Waals surface area contributed by atoms with Crippen molar-refractivity contribution in [3.63, 3.8) is 0 Å². The van der Waals surface area contributed by atoms with E-state index in [1.165, 1.54) is 7.11 Å². The Bertz CT molecular complexity index is 243. The van der Waals surface area contributed by atoms with Crippen molar-refractivity contribution in [2.75, 3.05) is 20.2 Å². The van der Waals surface area contributed by atoms with E-state index in [2.05, 4.69) is 22.3 Å². The molecule has 0 aromatic carbocycles. The predicted molar refractivity (Wildman–Crippen MR) is 55.2 cm³/mol. The lowest BCUT2D eigenvalue weighted by Gasteiger charge is -2.26. The van der Waals surface area contributed by atoms with E-state index in [1.807, 2.05) is 0 Å². The fourth-order valence-corrected chi connectivity index (χ4v) is 1.66. The lowest BCUT2D eigenvalue weighted by molar-refractivity contribution is -0.141. The molecule has 2 N–H and O–H groups in total. The van der Waals surface area contributed by atoms with Crippen LogP contribution < -0.4 is 10.6 Å². The van der Waals surface area contributed by atoms with Gasteiger partial charge in [-0.3, -0.25) is 9.59 Å². The largest absolute Gasteiger partial charge is 0.468 e. The number of carbonyl (C=O) groups excluding carboxylic acids is 2. The lowest BCUT2D eigenvalue weighted by atomic mass is 9.94. The first-order chi connectivity index (χ1) is 7.13. The van der Waals surface area contributed by atoms with E-state index in [9.17, 15) is 9.59 Å². The Hall–Kier alpha value is -1.10. The Labute approximate surface area is 89.6 Å². The van der Waals surface area contributed by atoms with Gasteiger partial charge in [-0.2, -0.15) is 0 Å². The molecule has 5 nitrogen and oxygen atoms in total. The minimum atomic E-state index is -0.424. The first-order valence-electron chi connectivity index (χ1n) is 5.21. The van der Waals surface area contributed by atoms with E-state index < -0.39 is 5.97 Å². The van der Waals surface area contributed by atoms with Gasteiger partial charge in [0, 0.05) is 0 Å². The van der Waals surface area contributed by atoms with Crippen LogP contribution in [0.5, 0.6) is 0 Å². The van der Waals surface area contributed by atoms with Crippen LogP contribution >= 0.6 is 0 Å². The molecule has 1 amide bonds. The van der Waals surface area contributed by atoms with Gasteiger partial charge in [0.25, 0.3) is 0 Å². The highest BCUT2D eigenvalue weighted by Crippen LogP contribution is 2.14. The van der Waals surface area contributed by atoms with Gasteiger partial charge in [-0.1, -0.05) is 6.92 Å². The van der Waals surface area contributed by atoms with Crippen molar-refractivity contribution < 1.29 is 14.3 Å². The number of esters is 1. The zero-order valence-corrected chi connectivity index (χ0v) is 9.21. The zero-order chi connectivity index (χ0) is 11.3. The molecule has 86 valence electrons. The van der Waals surface area contributed by atoms with Crippen LogP contribution in [0.25, 0.3) is 0 Å². The normalized spacial score (nSPS) is 25.7. The fourth-order valence-electron chi connectivity index (χ4n) is 1.66. The molecular formula is C10H18N2O3. The number of amides is 1. The van der Waals surface area contributed by atoms with Crippen LogP contribution in [0.2, 0.25) is 0 Å². The molecule has 2 atom stereocenters. The molecule has 1 saturated heterocycles. The number of nitrogens with one attached hydrogen (secondary N) is 2. The van der Waals surface area contributed by atoms with Crippen LogP contribution in [-0.4, -0.2) is 38.1 Å². The maximum atomic E-state index is 11.6. The van der Waals surface area contributed by atoms with Crippen molar-refractivity contribution in [2.24, 2.45) is 5.92 Å². The first-order valence-corrected chi connectivity index (χ1v) is 5.21. The monoisotopic (exact) mass is 214 g/mol. The third kappa shape index (κ3) is 3.87. The predicted octanol–water partition coefficient (Wildman–Crippen LogP) is -0.336. The third-order valence-electron chi connectivity index (χ3n) is 2.62. The quantitative estimate of drug-likeness (QED) is 0.631. The second kappa shape index (κ2) is 5.70. The Balaban J connectivity index is 2.30. The van der Waals surface area contributed by atoms with Gasteiger partial charge in [-0.05, 0) is 25.3 Å². The average molecular weight is 214 g/mol. The number of hydrogen-bond acceptors (Lipinski definition) is 4. The molecule has 0 radical (unpaired) electrons. The van der Waals surface area contributed by atoms with Crippen LogP contribution in [0.1, 0.15) is 19.8 Å². The van der Waals surface area contributed by atoms with Crippen molar-refractivity contribution in [1.29, 1.82) is 0 Å². The van der Waals surface area contributed by atoms with Crippen LogP contribution in [0, 0.1) is 5.92 Å². The summed E-state index contributed by atoms with van der Waals surface area (Å²) in [5.41, 5.74) is 0. The Kier molecular flexibility index (Phi) is 4.55. The molecule has 1 fully saturated rings. The van der Waals surface area contributed by atoms with Crippen LogP contribution in [-0.2, 0) is 14.3 Å². The van der Waals surface area contributed by atoms with Gasteiger partial charge in [0.1, 0.15) is 6.54 Å². The third-order valence-corrected chi connectivity index (χ3v) is 2.62. The number of carbonyl (C=O) groups is 2. The van der Waals surface area contributed by atoms with Gasteiger partial charge >= 0.3 is 5.97 Å². The summed E-state index contributed by atoms with van der Waals surface area (Å²) in [6.07, 6.45) is 1.92. The van der Waals surface area contributed by atoms with Crippen LogP contribution in [0.4, 0.5) is 0 Å². The minimum Gasteiger partial charge on any atom is -0.468 e. The molecular weight excluding hydrogens is 196 g/mol.